The standard InChI is InChI=1S/C41H28BN5O2.2C39H24N6O2.3Pt/c1-25-9-8-10-26(2)39(25)42-45(3)33-18-16-27(23-32(33)40-44-21-22-46(40)42)48-28-15-17-30-29-11-4-6-13-34(29)47(35(30)24-28)41-38-31-12-5-7-14-36(31)49-37(38)19-20-43-41;2*1-24-9-7-15-33-38(24)41-39-44(33)32-18-17-27(46-26-11-8-10-25(19-26)43-23-42(2)30-13-4-5-14-31(30)43)20-34(32)45(39)37-21-29-28-12-3-6-16-35(28)47-36(29)22-40-37;;;/h4-22H,1-3H3;2*3-18,21-22H,1-2H3;;;/q3*-2;;;+2/i;2D3;;;;. The van der Waals surface area contributed by atoms with Crippen molar-refractivity contribution in [1.29, 1.82) is 0 Å². The molecule has 146 heavy (non-hydrogen) atoms. The van der Waals surface area contributed by atoms with E-state index in [2.05, 4.69) is 228 Å². The number of fused-ring (bicyclic) bond motifs is 27. The van der Waals surface area contributed by atoms with Crippen LogP contribution in [0.15, 0.2) is 348 Å². The van der Waals surface area contributed by atoms with Gasteiger partial charge in [0.15, 0.2) is 11.2 Å². The van der Waals surface area contributed by atoms with Gasteiger partial charge in [0, 0.05) is 133 Å². The number of pyridine rings is 3. The van der Waals surface area contributed by atoms with E-state index in [0.29, 0.717) is 74.2 Å². The number of anilines is 1. The molecule has 0 unspecified atom stereocenters. The van der Waals surface area contributed by atoms with Crippen molar-refractivity contribution in [3.63, 3.8) is 0 Å². The van der Waals surface area contributed by atoms with Crippen molar-refractivity contribution in [3.05, 3.63) is 406 Å². The summed E-state index contributed by atoms with van der Waals surface area (Å²) in [6.07, 6.45) is 15.6. The van der Waals surface area contributed by atoms with Crippen molar-refractivity contribution in [2.75, 3.05) is 11.9 Å². The van der Waals surface area contributed by atoms with Crippen molar-refractivity contribution in [3.8, 4) is 74.7 Å². The molecule has 23 nitrogen and oxygen atoms in total. The van der Waals surface area contributed by atoms with E-state index in [-0.39, 0.29) is 70.2 Å². The zero-order valence-corrected chi connectivity index (χ0v) is 85.1. The zero-order chi connectivity index (χ0) is 97.8. The quantitative estimate of drug-likeness (QED) is 0.0637. The van der Waals surface area contributed by atoms with Gasteiger partial charge in [-0.2, -0.15) is 30.3 Å². The molecule has 27 heteroatoms. The molecule has 1 aliphatic heterocycles. The Kier molecular flexibility index (Phi) is 21.1. The van der Waals surface area contributed by atoms with Crippen LogP contribution >= 0.6 is 0 Å². The summed E-state index contributed by atoms with van der Waals surface area (Å²) >= 11 is 0. The number of benzene rings is 15. The summed E-state index contributed by atoms with van der Waals surface area (Å²) < 4.78 is 81.3. The summed E-state index contributed by atoms with van der Waals surface area (Å²) in [5, 5.41) is 8.13. The molecule has 1 aliphatic rings. The third kappa shape index (κ3) is 14.5. The molecule has 29 aromatic rings. The Morgan fingerprint density at radius 3 is 1.41 bits per heavy atom. The second-order valence-electron chi connectivity index (χ2n) is 35.9. The van der Waals surface area contributed by atoms with Crippen LogP contribution in [-0.2, 0) is 77.2 Å². The fourth-order valence-electron chi connectivity index (χ4n) is 20.9. The molecule has 0 amide bonds. The van der Waals surface area contributed by atoms with Crippen molar-refractivity contribution in [2.24, 2.45) is 14.0 Å². The summed E-state index contributed by atoms with van der Waals surface area (Å²) in [5.74, 6) is 7.64. The maximum Gasteiger partial charge on any atom is 2.00 e. The van der Waals surface area contributed by atoms with Gasteiger partial charge >= 0.3 is 28.0 Å². The molecule has 0 fully saturated rings. The fourth-order valence-corrected chi connectivity index (χ4v) is 20.9. The first-order valence-electron chi connectivity index (χ1n) is 48.3. The average Bonchev–Trinajstić information content (AvgIpc) is 1.55. The van der Waals surface area contributed by atoms with E-state index >= 15 is 0 Å². The van der Waals surface area contributed by atoms with Crippen molar-refractivity contribution in [2.45, 2.75) is 27.7 Å². The smallest absolute Gasteiger partial charge is 0.510 e. The summed E-state index contributed by atoms with van der Waals surface area (Å²) in [6, 6.07) is 121. The van der Waals surface area contributed by atoms with Gasteiger partial charge in [-0.1, -0.05) is 215 Å². The van der Waals surface area contributed by atoms with E-state index in [0.717, 1.165) is 183 Å². The second kappa shape index (κ2) is 35.5. The Labute approximate surface area is 880 Å². The number of furan rings is 3. The van der Waals surface area contributed by atoms with Crippen LogP contribution in [0.25, 0.3) is 206 Å². The first kappa shape index (κ1) is 86.8. The predicted octanol–water partition coefficient (Wildman–Crippen LogP) is 24.6. The number of imidazole rings is 7. The number of para-hydroxylation sites is 10. The van der Waals surface area contributed by atoms with Gasteiger partial charge in [-0.05, 0) is 133 Å². The first-order chi connectivity index (χ1) is 71.5. The molecule has 0 N–H and O–H groups in total. The topological polar surface area (TPSA) is 194 Å². The molecule has 0 saturated heterocycles. The molecule has 710 valence electrons. The van der Waals surface area contributed by atoms with E-state index in [1.54, 1.807) is 41.4 Å². The molecule has 30 rings (SSSR count). The number of aromatic nitrogens is 16. The Morgan fingerprint density at radius 1 is 0.370 bits per heavy atom. The van der Waals surface area contributed by atoms with Crippen LogP contribution in [-0.4, -0.2) is 80.0 Å². The summed E-state index contributed by atoms with van der Waals surface area (Å²) in [6.45, 7) is 6.07. The molecule has 15 aromatic carbocycles. The molecule has 0 bridgehead atoms. The number of nitrogens with zero attached hydrogens (tertiary/aromatic N) is 17. The normalized spacial score (nSPS) is 12.4. The third-order valence-electron chi connectivity index (χ3n) is 27.4. The number of hydrogen-bond acceptors (Lipinski definition) is 13. The molecule has 0 saturated carbocycles. The summed E-state index contributed by atoms with van der Waals surface area (Å²) in [7, 11) is 4.12. The zero-order valence-electron chi connectivity index (χ0n) is 81.3. The Morgan fingerprint density at radius 2 is 0.829 bits per heavy atom. The number of aryl methyl sites for hydroxylation is 6. The Hall–Kier alpha value is -17.0. The van der Waals surface area contributed by atoms with Crippen LogP contribution in [0.1, 0.15) is 26.4 Å². The van der Waals surface area contributed by atoms with Gasteiger partial charge in [0.2, 0.25) is 24.2 Å². The largest absolute Gasteiger partial charge is 2.00 e. The van der Waals surface area contributed by atoms with E-state index in [1.807, 2.05) is 202 Å². The molecule has 15 heterocycles. The minimum atomic E-state index is -2.40. The molecular weight excluding hydrogens is 2360 g/mol. The number of hydrogen-bond donors (Lipinski definition) is 0. The average molecular weight is 2440 g/mol. The van der Waals surface area contributed by atoms with E-state index < -0.39 is 6.98 Å². The molecule has 0 atom stereocenters. The third-order valence-corrected chi connectivity index (χ3v) is 27.4. The molecule has 14 aromatic heterocycles. The fraction of sp³-hybridized carbons (Fsp3) is 0.0588. The van der Waals surface area contributed by atoms with Gasteiger partial charge in [0.1, 0.15) is 39.8 Å². The van der Waals surface area contributed by atoms with Gasteiger partial charge in [0.25, 0.3) is 0 Å². The van der Waals surface area contributed by atoms with Crippen LogP contribution in [0.2, 0.25) is 0 Å². The van der Waals surface area contributed by atoms with E-state index in [9.17, 15) is 0 Å². The molecular formula is C119H76BN17O6Pt3-4. The SMILES string of the molecule is Cc1cccc(C)c1B1N(C)c2ccc(Oc3[c-]c4c(cc3)c3ccccc3n4-c3nccc4oc5ccccc5c34)[c-]c2-c2nccn21.Cc1cccc2c1nc1n(-c3cc4c(cn3)oc3ccccc34)c3[c-]c(Oc4[c-]c(-n5[c-][n+](C)c6ccccc65)ccc4)ccc3n21.[2H]C([2H])([2H])[n+]1[c-]n(-c2[c-]c(Oc3[c-]c4c(cc3)n3c5cccc(C)c5nc3n4-c3cc4c(cn3)oc3ccccc34)ccc2)c2ccccc21.[Pt+2].[Pt].[Pt]. The second-order valence-corrected chi connectivity index (χ2v) is 35.9. The van der Waals surface area contributed by atoms with Crippen LogP contribution in [0.5, 0.6) is 34.5 Å². The van der Waals surface area contributed by atoms with Crippen LogP contribution < -0.4 is 33.6 Å². The maximum absolute atomic E-state index is 8.01. The van der Waals surface area contributed by atoms with Crippen molar-refractivity contribution in [1.82, 2.24) is 66.0 Å². The Bertz CT molecular complexity index is 10500. The van der Waals surface area contributed by atoms with Crippen LogP contribution in [0.4, 0.5) is 5.69 Å². The summed E-state index contributed by atoms with van der Waals surface area (Å²) in [4.78, 5) is 31.9. The van der Waals surface area contributed by atoms with Gasteiger partial charge in [-0.25, -0.2) is 24.9 Å². The Balaban J connectivity index is 0.000000115. The molecule has 0 spiro atoms. The minimum Gasteiger partial charge on any atom is -0.510 e. The van der Waals surface area contributed by atoms with Crippen LogP contribution in [0, 0.1) is 76.7 Å². The molecule has 0 radical (unpaired) electrons. The minimum absolute atomic E-state index is 0. The van der Waals surface area contributed by atoms with E-state index in [4.69, 9.17) is 61.5 Å². The van der Waals surface area contributed by atoms with Gasteiger partial charge < -0.3 is 68.4 Å². The number of ether oxygens (including phenoxy) is 3. The number of rotatable bonds is 12. The first-order valence-corrected chi connectivity index (χ1v) is 46.8. The van der Waals surface area contributed by atoms with Crippen molar-refractivity contribution < 1.29 is 104 Å². The van der Waals surface area contributed by atoms with Gasteiger partial charge in [-0.3, -0.25) is 14.1 Å². The van der Waals surface area contributed by atoms with Crippen molar-refractivity contribution >= 4 is 184 Å². The van der Waals surface area contributed by atoms with E-state index in [1.165, 1.54) is 21.2 Å². The van der Waals surface area contributed by atoms with Crippen LogP contribution in [0.3, 0.4) is 0 Å². The molecule has 0 aliphatic carbocycles. The maximum atomic E-state index is 8.01. The predicted molar refractivity (Wildman–Crippen MR) is 557 cm³/mol. The monoisotopic (exact) mass is 2440 g/mol. The van der Waals surface area contributed by atoms with Gasteiger partial charge in [-0.15, -0.1) is 84.2 Å². The summed E-state index contributed by atoms with van der Waals surface area (Å²) in [5.41, 5.74) is 26.4. The van der Waals surface area contributed by atoms with Gasteiger partial charge in [0.05, 0.1) is 80.0 Å².